The monoisotopic (exact) mass is 498 g/mol. The number of amides is 1. The van der Waals surface area contributed by atoms with Crippen molar-refractivity contribution in [3.05, 3.63) is 70.3 Å². The first kappa shape index (κ1) is 26.8. The van der Waals surface area contributed by atoms with E-state index in [2.05, 4.69) is 25.7 Å². The Labute approximate surface area is 213 Å². The molecule has 6 nitrogen and oxygen atoms in total. The molecule has 3 rings (SSSR count). The van der Waals surface area contributed by atoms with E-state index in [-0.39, 0.29) is 11.3 Å². The highest BCUT2D eigenvalue weighted by Crippen LogP contribution is 2.40. The Hall–Kier alpha value is -2.83. The lowest BCUT2D eigenvalue weighted by molar-refractivity contribution is -0.140. The Morgan fingerprint density at radius 3 is 2.43 bits per heavy atom. The van der Waals surface area contributed by atoms with Crippen LogP contribution in [0.2, 0.25) is 5.02 Å². The van der Waals surface area contributed by atoms with Gasteiger partial charge < -0.3 is 19.6 Å². The van der Waals surface area contributed by atoms with Crippen molar-refractivity contribution >= 4 is 29.1 Å². The second-order valence-electron chi connectivity index (χ2n) is 8.65. The Bertz CT molecular complexity index is 1050. The Morgan fingerprint density at radius 1 is 1.06 bits per heavy atom. The van der Waals surface area contributed by atoms with Gasteiger partial charge in [-0.25, -0.2) is 0 Å². The first-order chi connectivity index (χ1) is 16.9. The Kier molecular flexibility index (Phi) is 9.75. The van der Waals surface area contributed by atoms with Crippen LogP contribution in [0.5, 0.6) is 5.75 Å². The second-order valence-corrected chi connectivity index (χ2v) is 9.09. The van der Waals surface area contributed by atoms with Gasteiger partial charge in [-0.05, 0) is 62.3 Å². The molecule has 1 amide bonds. The van der Waals surface area contributed by atoms with E-state index in [1.807, 2.05) is 6.07 Å². The quantitative estimate of drug-likeness (QED) is 0.177. The number of carbonyl (C=O) groups excluding carboxylic acids is 2. The van der Waals surface area contributed by atoms with Gasteiger partial charge in [0.2, 0.25) is 0 Å². The maximum Gasteiger partial charge on any atom is 0.295 e. The number of ether oxygens (including phenoxy) is 1. The third kappa shape index (κ3) is 6.44. The second kappa shape index (κ2) is 12.8. The molecule has 1 N–H and O–H groups in total. The van der Waals surface area contributed by atoms with Crippen molar-refractivity contribution in [2.75, 3.05) is 32.8 Å². The summed E-state index contributed by atoms with van der Waals surface area (Å²) in [6.07, 6.45) is 2.66. The van der Waals surface area contributed by atoms with Crippen molar-refractivity contribution in [3.8, 4) is 5.75 Å². The molecule has 0 bridgehead atoms. The largest absolute Gasteiger partial charge is 0.507 e. The fourth-order valence-electron chi connectivity index (χ4n) is 4.33. The minimum absolute atomic E-state index is 0.0888. The number of hydrogen-bond donors (Lipinski definition) is 1. The molecule has 1 unspecified atom stereocenters. The summed E-state index contributed by atoms with van der Waals surface area (Å²) < 4.78 is 5.78. The zero-order chi connectivity index (χ0) is 25.4. The normalized spacial score (nSPS) is 17.4. The van der Waals surface area contributed by atoms with Crippen molar-refractivity contribution in [3.63, 3.8) is 0 Å². The number of likely N-dealkylation sites (tertiary alicyclic amines) is 1. The fourth-order valence-corrected chi connectivity index (χ4v) is 4.46. The van der Waals surface area contributed by atoms with Crippen molar-refractivity contribution in [2.24, 2.45) is 0 Å². The number of hydrogen-bond acceptors (Lipinski definition) is 5. The lowest BCUT2D eigenvalue weighted by atomic mass is 9.95. The molecular formula is C28H35ClN2O4. The van der Waals surface area contributed by atoms with Crippen LogP contribution in [0.15, 0.2) is 54.1 Å². The van der Waals surface area contributed by atoms with Crippen LogP contribution in [0.3, 0.4) is 0 Å². The summed E-state index contributed by atoms with van der Waals surface area (Å²) in [5.41, 5.74) is 1.26. The molecule has 1 atom stereocenters. The molecule has 0 aliphatic carbocycles. The molecule has 7 heteroatoms. The summed E-state index contributed by atoms with van der Waals surface area (Å²) in [6, 6.07) is 13.4. The summed E-state index contributed by atoms with van der Waals surface area (Å²) >= 11 is 6.10. The third-order valence-corrected chi connectivity index (χ3v) is 6.62. The standard InChI is InChI=1S/C28H35ClN2O4/c1-4-7-18-35-23-11-8-10-21(19-23)26(32)24-25(20-12-14-22(29)15-13-20)31(28(34)27(24)33)17-9-16-30(5-2)6-3/h8,10-15,19,25,32H,4-7,9,16-18H2,1-3H3. The van der Waals surface area contributed by atoms with Crippen molar-refractivity contribution in [1.29, 1.82) is 0 Å². The molecule has 1 aliphatic heterocycles. The molecule has 1 saturated heterocycles. The minimum atomic E-state index is -0.686. The van der Waals surface area contributed by atoms with Gasteiger partial charge in [0.05, 0.1) is 18.2 Å². The van der Waals surface area contributed by atoms with Gasteiger partial charge in [-0.2, -0.15) is 0 Å². The molecule has 0 spiro atoms. The van der Waals surface area contributed by atoms with Gasteiger partial charge in [-0.3, -0.25) is 9.59 Å². The van der Waals surface area contributed by atoms with E-state index in [1.54, 1.807) is 47.4 Å². The van der Waals surface area contributed by atoms with Gasteiger partial charge in [0.25, 0.3) is 11.7 Å². The van der Waals surface area contributed by atoms with E-state index < -0.39 is 17.7 Å². The number of ketones is 1. The number of unbranched alkanes of at least 4 members (excludes halogenated alkanes) is 1. The van der Waals surface area contributed by atoms with Crippen molar-refractivity contribution < 1.29 is 19.4 Å². The van der Waals surface area contributed by atoms with Crippen LogP contribution >= 0.6 is 11.6 Å². The van der Waals surface area contributed by atoms with Crippen LogP contribution in [-0.4, -0.2) is 59.4 Å². The van der Waals surface area contributed by atoms with Crippen LogP contribution < -0.4 is 4.74 Å². The number of Topliss-reactive ketones (excluding diaryl/α,β-unsaturated/α-hetero) is 1. The summed E-state index contributed by atoms with van der Waals surface area (Å²) in [7, 11) is 0. The van der Waals surface area contributed by atoms with Crippen LogP contribution in [0.25, 0.3) is 5.76 Å². The summed E-state index contributed by atoms with van der Waals surface area (Å²) in [4.78, 5) is 30.2. The number of halogens is 1. The van der Waals surface area contributed by atoms with E-state index in [0.29, 0.717) is 29.5 Å². The minimum Gasteiger partial charge on any atom is -0.507 e. The molecule has 1 aliphatic rings. The Balaban J connectivity index is 1.98. The molecule has 0 radical (unpaired) electrons. The zero-order valence-electron chi connectivity index (χ0n) is 20.8. The van der Waals surface area contributed by atoms with Crippen LogP contribution in [-0.2, 0) is 9.59 Å². The number of nitrogens with zero attached hydrogens (tertiary/aromatic N) is 2. The number of carbonyl (C=O) groups is 2. The van der Waals surface area contributed by atoms with E-state index in [9.17, 15) is 14.7 Å². The predicted octanol–water partition coefficient (Wildman–Crippen LogP) is 5.67. The number of aliphatic hydroxyl groups is 1. The maximum absolute atomic E-state index is 13.2. The van der Waals surface area contributed by atoms with Gasteiger partial charge in [-0.1, -0.05) is 63.1 Å². The van der Waals surface area contributed by atoms with Gasteiger partial charge >= 0.3 is 0 Å². The summed E-state index contributed by atoms with van der Waals surface area (Å²) in [6.45, 7) is 9.93. The van der Waals surface area contributed by atoms with Crippen LogP contribution in [0, 0.1) is 0 Å². The van der Waals surface area contributed by atoms with E-state index in [0.717, 1.165) is 44.5 Å². The molecule has 1 fully saturated rings. The first-order valence-corrected chi connectivity index (χ1v) is 12.8. The Morgan fingerprint density at radius 2 is 1.77 bits per heavy atom. The van der Waals surface area contributed by atoms with Crippen molar-refractivity contribution in [2.45, 2.75) is 46.1 Å². The molecule has 35 heavy (non-hydrogen) atoms. The first-order valence-electron chi connectivity index (χ1n) is 12.4. The molecule has 2 aromatic carbocycles. The maximum atomic E-state index is 13.2. The molecule has 0 saturated carbocycles. The average molecular weight is 499 g/mol. The lowest BCUT2D eigenvalue weighted by Crippen LogP contribution is -2.33. The van der Waals surface area contributed by atoms with Crippen LogP contribution in [0.4, 0.5) is 0 Å². The molecule has 0 aromatic heterocycles. The smallest absolute Gasteiger partial charge is 0.295 e. The highest BCUT2D eigenvalue weighted by molar-refractivity contribution is 6.46. The number of rotatable bonds is 12. The SMILES string of the molecule is CCCCOc1cccc(C(O)=C2C(=O)C(=O)N(CCCN(CC)CC)C2c2ccc(Cl)cc2)c1. The predicted molar refractivity (Wildman–Crippen MR) is 140 cm³/mol. The van der Waals surface area contributed by atoms with E-state index in [4.69, 9.17) is 16.3 Å². The summed E-state index contributed by atoms with van der Waals surface area (Å²) in [5.74, 6) is -0.863. The summed E-state index contributed by atoms with van der Waals surface area (Å²) in [5, 5.41) is 11.8. The zero-order valence-corrected chi connectivity index (χ0v) is 21.6. The van der Waals surface area contributed by atoms with Crippen LogP contribution in [0.1, 0.15) is 57.2 Å². The van der Waals surface area contributed by atoms with E-state index >= 15 is 0 Å². The number of aliphatic hydroxyl groups excluding tert-OH is 1. The van der Waals surface area contributed by atoms with Gasteiger partial charge in [-0.15, -0.1) is 0 Å². The number of benzene rings is 2. The topological polar surface area (TPSA) is 70.1 Å². The highest BCUT2D eigenvalue weighted by Gasteiger charge is 2.45. The third-order valence-electron chi connectivity index (χ3n) is 6.37. The van der Waals surface area contributed by atoms with Gasteiger partial charge in [0.15, 0.2) is 0 Å². The molecule has 1 heterocycles. The van der Waals surface area contributed by atoms with Gasteiger partial charge in [0.1, 0.15) is 11.5 Å². The van der Waals surface area contributed by atoms with E-state index in [1.165, 1.54) is 0 Å². The molecule has 188 valence electrons. The fraction of sp³-hybridized carbons (Fsp3) is 0.429. The average Bonchev–Trinajstić information content (AvgIpc) is 3.12. The molecule has 2 aromatic rings. The van der Waals surface area contributed by atoms with Crippen molar-refractivity contribution in [1.82, 2.24) is 9.80 Å². The van der Waals surface area contributed by atoms with Gasteiger partial charge in [0, 0.05) is 17.1 Å². The molecular weight excluding hydrogens is 464 g/mol. The lowest BCUT2D eigenvalue weighted by Gasteiger charge is -2.27. The highest BCUT2D eigenvalue weighted by atomic mass is 35.5.